The third-order valence-electron chi connectivity index (χ3n) is 5.80. The molecule has 0 fully saturated rings. The lowest BCUT2D eigenvalue weighted by Gasteiger charge is -2.30. The lowest BCUT2D eigenvalue weighted by molar-refractivity contribution is 0.0938. The molecule has 6 heteroatoms. The molecule has 2 heterocycles. The number of fused-ring (bicyclic) bond motifs is 2. The molecule has 0 saturated heterocycles. The Morgan fingerprint density at radius 3 is 2.80 bits per heavy atom. The second kappa shape index (κ2) is 8.32. The van der Waals surface area contributed by atoms with Crippen LogP contribution in [-0.2, 0) is 6.42 Å². The second-order valence-corrected chi connectivity index (χ2v) is 8.09. The topological polar surface area (TPSA) is 65.8 Å². The summed E-state index contributed by atoms with van der Waals surface area (Å²) in [6.07, 6.45) is 2.21. The van der Waals surface area contributed by atoms with Crippen LogP contribution in [0, 0.1) is 0 Å². The summed E-state index contributed by atoms with van der Waals surface area (Å²) < 4.78 is 5.29. The number of amides is 1. The van der Waals surface area contributed by atoms with Crippen LogP contribution in [0.1, 0.15) is 33.9 Å². The SMILES string of the molecule is CN1CCCc2cc([C@H](CNC(=O)c3cc4ccccc4oc3=O)N(C)C)ccc21. The maximum atomic E-state index is 12.7. The van der Waals surface area contributed by atoms with Gasteiger partial charge in [0.2, 0.25) is 0 Å². The number of carbonyl (C=O) groups is 1. The van der Waals surface area contributed by atoms with Crippen LogP contribution in [-0.4, -0.2) is 45.0 Å². The van der Waals surface area contributed by atoms with Crippen LogP contribution in [0.3, 0.4) is 0 Å². The highest BCUT2D eigenvalue weighted by Gasteiger charge is 2.21. The van der Waals surface area contributed by atoms with Crippen LogP contribution in [0.5, 0.6) is 0 Å². The fraction of sp³-hybridized carbons (Fsp3) is 0.333. The number of hydrogen-bond acceptors (Lipinski definition) is 5. The van der Waals surface area contributed by atoms with E-state index in [-0.39, 0.29) is 11.6 Å². The van der Waals surface area contributed by atoms with Crippen molar-refractivity contribution >= 4 is 22.6 Å². The molecule has 1 aromatic heterocycles. The Balaban J connectivity index is 1.54. The van der Waals surface area contributed by atoms with Gasteiger partial charge in [-0.3, -0.25) is 4.79 Å². The van der Waals surface area contributed by atoms with E-state index in [0.717, 1.165) is 30.3 Å². The lowest BCUT2D eigenvalue weighted by atomic mass is 9.96. The van der Waals surface area contributed by atoms with E-state index in [1.165, 1.54) is 11.3 Å². The molecule has 0 unspecified atom stereocenters. The summed E-state index contributed by atoms with van der Waals surface area (Å²) >= 11 is 0. The third-order valence-corrected chi connectivity index (χ3v) is 5.80. The Hall–Kier alpha value is -3.12. The van der Waals surface area contributed by atoms with Gasteiger partial charge in [0.1, 0.15) is 11.1 Å². The van der Waals surface area contributed by atoms with Gasteiger partial charge >= 0.3 is 5.63 Å². The smallest absolute Gasteiger partial charge is 0.349 e. The molecule has 0 bridgehead atoms. The number of nitrogens with one attached hydrogen (secondary N) is 1. The molecule has 1 amide bonds. The number of rotatable bonds is 5. The zero-order valence-electron chi connectivity index (χ0n) is 17.6. The van der Waals surface area contributed by atoms with Gasteiger partial charge in [-0.15, -0.1) is 0 Å². The minimum atomic E-state index is -0.621. The van der Waals surface area contributed by atoms with Crippen LogP contribution in [0.2, 0.25) is 0 Å². The number of carbonyl (C=O) groups excluding carboxylic acids is 1. The van der Waals surface area contributed by atoms with Crippen LogP contribution in [0.15, 0.2) is 57.7 Å². The van der Waals surface area contributed by atoms with E-state index in [9.17, 15) is 9.59 Å². The van der Waals surface area contributed by atoms with Crippen LogP contribution in [0.4, 0.5) is 5.69 Å². The van der Waals surface area contributed by atoms with Gasteiger partial charge in [-0.05, 0) is 56.3 Å². The van der Waals surface area contributed by atoms with E-state index < -0.39 is 11.5 Å². The van der Waals surface area contributed by atoms with Crippen molar-refractivity contribution in [2.45, 2.75) is 18.9 Å². The third kappa shape index (κ3) is 3.96. The summed E-state index contributed by atoms with van der Waals surface area (Å²) in [6, 6.07) is 15.3. The van der Waals surface area contributed by atoms with E-state index in [2.05, 4.69) is 40.4 Å². The Morgan fingerprint density at radius 1 is 1.20 bits per heavy atom. The Bertz CT molecular complexity index is 1140. The maximum Gasteiger partial charge on any atom is 0.349 e. The molecular weight excluding hydrogens is 378 g/mol. The van der Waals surface area contributed by atoms with Gasteiger partial charge in [0.25, 0.3) is 5.91 Å². The minimum absolute atomic E-state index is 0.000945. The number of nitrogens with zero attached hydrogens (tertiary/aromatic N) is 2. The summed E-state index contributed by atoms with van der Waals surface area (Å²) in [5, 5.41) is 3.65. The Kier molecular flexibility index (Phi) is 5.59. The molecule has 0 spiro atoms. The predicted molar refractivity (Wildman–Crippen MR) is 119 cm³/mol. The highest BCUT2D eigenvalue weighted by atomic mass is 16.4. The van der Waals surface area contributed by atoms with Gasteiger partial charge in [0, 0.05) is 31.2 Å². The zero-order valence-corrected chi connectivity index (χ0v) is 17.6. The van der Waals surface area contributed by atoms with E-state index in [1.807, 2.05) is 26.2 Å². The fourth-order valence-electron chi connectivity index (χ4n) is 4.12. The molecule has 1 N–H and O–H groups in total. The van der Waals surface area contributed by atoms with Gasteiger partial charge in [-0.25, -0.2) is 4.79 Å². The molecule has 156 valence electrons. The molecule has 0 saturated carbocycles. The molecule has 0 aliphatic carbocycles. The predicted octanol–water partition coefficient (Wildman–Crippen LogP) is 3.21. The van der Waals surface area contributed by atoms with Crippen molar-refractivity contribution in [1.29, 1.82) is 0 Å². The van der Waals surface area contributed by atoms with Gasteiger partial charge in [-0.2, -0.15) is 0 Å². The van der Waals surface area contributed by atoms with Crippen molar-refractivity contribution in [3.05, 3.63) is 75.6 Å². The Morgan fingerprint density at radius 2 is 2.00 bits per heavy atom. The summed E-state index contributed by atoms with van der Waals surface area (Å²) in [7, 11) is 6.11. The molecule has 4 rings (SSSR count). The van der Waals surface area contributed by atoms with Gasteiger partial charge in [-0.1, -0.05) is 30.3 Å². The first-order valence-electron chi connectivity index (χ1n) is 10.3. The highest BCUT2D eigenvalue weighted by molar-refractivity contribution is 5.96. The number of para-hydroxylation sites is 1. The largest absolute Gasteiger partial charge is 0.422 e. The number of hydrogen-bond donors (Lipinski definition) is 1. The first kappa shape index (κ1) is 20.2. The van der Waals surface area contributed by atoms with E-state index in [0.29, 0.717) is 12.1 Å². The molecule has 1 aliphatic rings. The molecule has 1 atom stereocenters. The molecule has 30 heavy (non-hydrogen) atoms. The van der Waals surface area contributed by atoms with Crippen LogP contribution >= 0.6 is 0 Å². The minimum Gasteiger partial charge on any atom is -0.422 e. The molecular formula is C24H27N3O3. The maximum absolute atomic E-state index is 12.7. The molecule has 3 aromatic rings. The van der Waals surface area contributed by atoms with Gasteiger partial charge in [0.05, 0.1) is 6.04 Å². The van der Waals surface area contributed by atoms with Crippen LogP contribution in [0.25, 0.3) is 11.0 Å². The second-order valence-electron chi connectivity index (χ2n) is 8.09. The average molecular weight is 405 g/mol. The highest BCUT2D eigenvalue weighted by Crippen LogP contribution is 2.30. The summed E-state index contributed by atoms with van der Waals surface area (Å²) in [5.41, 5.74) is 3.65. The van der Waals surface area contributed by atoms with Crippen molar-refractivity contribution in [2.75, 3.05) is 39.1 Å². The van der Waals surface area contributed by atoms with Gasteiger partial charge in [0.15, 0.2) is 0 Å². The van der Waals surface area contributed by atoms with E-state index in [4.69, 9.17) is 4.42 Å². The number of anilines is 1. The number of aryl methyl sites for hydroxylation is 1. The van der Waals surface area contributed by atoms with Crippen molar-refractivity contribution in [3.8, 4) is 0 Å². The van der Waals surface area contributed by atoms with Crippen molar-refractivity contribution < 1.29 is 9.21 Å². The standard InChI is InChI=1S/C24H27N3O3/c1-26(2)21(17-10-11-20-16(13-17)8-6-12-27(20)3)15-25-23(28)19-14-18-7-4-5-9-22(18)30-24(19)29/h4-5,7,9-11,13-14,21H,6,8,12,15H2,1-3H3,(H,25,28)/t21-/m0/s1. The van der Waals surface area contributed by atoms with Crippen molar-refractivity contribution in [1.82, 2.24) is 10.2 Å². The summed E-state index contributed by atoms with van der Waals surface area (Å²) in [4.78, 5) is 29.4. The normalized spacial score (nSPS) is 14.6. The summed E-state index contributed by atoms with van der Waals surface area (Å²) in [6.45, 7) is 1.47. The Labute approximate surface area is 176 Å². The molecule has 6 nitrogen and oxygen atoms in total. The van der Waals surface area contributed by atoms with Gasteiger partial charge < -0.3 is 19.5 Å². The van der Waals surface area contributed by atoms with Crippen molar-refractivity contribution in [3.63, 3.8) is 0 Å². The summed E-state index contributed by atoms with van der Waals surface area (Å²) in [5.74, 6) is -0.418. The first-order valence-corrected chi connectivity index (χ1v) is 10.3. The quantitative estimate of drug-likeness (QED) is 0.661. The van der Waals surface area contributed by atoms with Crippen LogP contribution < -0.4 is 15.8 Å². The monoisotopic (exact) mass is 405 g/mol. The molecule has 2 aromatic carbocycles. The lowest BCUT2D eigenvalue weighted by Crippen LogP contribution is -2.36. The molecule has 0 radical (unpaired) electrons. The average Bonchev–Trinajstić information content (AvgIpc) is 2.73. The fourth-order valence-corrected chi connectivity index (χ4v) is 4.12. The van der Waals surface area contributed by atoms with E-state index in [1.54, 1.807) is 18.2 Å². The van der Waals surface area contributed by atoms with Crippen molar-refractivity contribution in [2.24, 2.45) is 0 Å². The number of likely N-dealkylation sites (N-methyl/N-ethyl adjacent to an activating group) is 1. The first-order chi connectivity index (χ1) is 14.4. The van der Waals surface area contributed by atoms with E-state index >= 15 is 0 Å². The zero-order chi connectivity index (χ0) is 21.3. The molecule has 1 aliphatic heterocycles. The number of benzene rings is 2.